The molecular weight excluding hydrogens is 331 g/mol. The Morgan fingerprint density at radius 2 is 1.76 bits per heavy atom. The van der Waals surface area contributed by atoms with Gasteiger partial charge in [0.15, 0.2) is 0 Å². The molecule has 0 aliphatic heterocycles. The molecule has 2 rings (SSSR count). The van der Waals surface area contributed by atoms with Gasteiger partial charge in [-0.3, -0.25) is 4.72 Å². The summed E-state index contributed by atoms with van der Waals surface area (Å²) in [6.45, 7) is 3.67. The maximum absolute atomic E-state index is 12.5. The molecule has 0 aliphatic rings. The van der Waals surface area contributed by atoms with Crippen molar-refractivity contribution in [3.05, 3.63) is 51.5 Å². The van der Waals surface area contributed by atoms with Gasteiger partial charge in [-0.05, 0) is 49.2 Å². The number of anilines is 2. The lowest BCUT2D eigenvalue weighted by Gasteiger charge is -2.15. The average molecular weight is 345 g/mol. The third kappa shape index (κ3) is 3.26. The highest BCUT2D eigenvalue weighted by Gasteiger charge is 2.21. The lowest BCUT2D eigenvalue weighted by atomic mass is 10.1. The highest BCUT2D eigenvalue weighted by atomic mass is 35.5. The first-order chi connectivity index (χ1) is 9.72. The Labute approximate surface area is 133 Å². The van der Waals surface area contributed by atoms with Gasteiger partial charge < -0.3 is 5.73 Å². The fraction of sp³-hybridized carbons (Fsp3) is 0.143. The van der Waals surface area contributed by atoms with Crippen molar-refractivity contribution in [2.75, 3.05) is 10.5 Å². The molecule has 0 radical (unpaired) electrons. The second kappa shape index (κ2) is 5.75. The Morgan fingerprint density at radius 3 is 2.43 bits per heavy atom. The standard InChI is InChI=1S/C14H14Cl2N2O2S/c1-8-3-6-12(17)14(9(8)2)18-21(19,20)13-7-10(15)4-5-11(13)16/h3-7,18H,17H2,1-2H3. The number of nitrogen functional groups attached to an aromatic ring is 1. The van der Waals surface area contributed by atoms with Crippen LogP contribution < -0.4 is 10.5 Å². The number of nitrogens with one attached hydrogen (secondary N) is 1. The van der Waals surface area contributed by atoms with Gasteiger partial charge in [0.05, 0.1) is 16.4 Å². The van der Waals surface area contributed by atoms with Crippen LogP contribution in [-0.4, -0.2) is 8.42 Å². The van der Waals surface area contributed by atoms with Gasteiger partial charge in [-0.15, -0.1) is 0 Å². The van der Waals surface area contributed by atoms with Crippen LogP contribution in [0.3, 0.4) is 0 Å². The zero-order chi connectivity index (χ0) is 15.8. The summed E-state index contributed by atoms with van der Waals surface area (Å²) in [6.07, 6.45) is 0. The third-order valence-electron chi connectivity index (χ3n) is 3.19. The SMILES string of the molecule is Cc1ccc(N)c(NS(=O)(=O)c2cc(Cl)ccc2Cl)c1C. The van der Waals surface area contributed by atoms with Crippen LogP contribution in [0.15, 0.2) is 35.2 Å². The Bertz CT molecular complexity index is 805. The van der Waals surface area contributed by atoms with Crippen molar-refractivity contribution in [3.63, 3.8) is 0 Å². The van der Waals surface area contributed by atoms with Gasteiger partial charge in [0.1, 0.15) is 4.90 Å². The van der Waals surface area contributed by atoms with Crippen LogP contribution in [0.1, 0.15) is 11.1 Å². The number of halogens is 2. The van der Waals surface area contributed by atoms with Crippen molar-refractivity contribution < 1.29 is 8.42 Å². The maximum Gasteiger partial charge on any atom is 0.263 e. The number of sulfonamides is 1. The number of nitrogens with two attached hydrogens (primary N) is 1. The van der Waals surface area contributed by atoms with E-state index in [1.807, 2.05) is 13.0 Å². The van der Waals surface area contributed by atoms with E-state index in [1.54, 1.807) is 13.0 Å². The lowest BCUT2D eigenvalue weighted by Crippen LogP contribution is -2.16. The Hall–Kier alpha value is -1.43. The predicted octanol–water partition coefficient (Wildman–Crippen LogP) is 3.99. The highest BCUT2D eigenvalue weighted by molar-refractivity contribution is 7.92. The van der Waals surface area contributed by atoms with Gasteiger partial charge in [0.2, 0.25) is 0 Å². The molecule has 21 heavy (non-hydrogen) atoms. The van der Waals surface area contributed by atoms with Crippen LogP contribution in [0, 0.1) is 13.8 Å². The molecule has 7 heteroatoms. The van der Waals surface area contributed by atoms with E-state index >= 15 is 0 Å². The number of benzene rings is 2. The summed E-state index contributed by atoms with van der Waals surface area (Å²) in [7, 11) is -3.87. The smallest absolute Gasteiger partial charge is 0.263 e. The Balaban J connectivity index is 2.53. The van der Waals surface area contributed by atoms with Crippen LogP contribution in [0.25, 0.3) is 0 Å². The molecule has 0 amide bonds. The minimum atomic E-state index is -3.87. The molecule has 0 atom stereocenters. The van der Waals surface area contributed by atoms with Gasteiger partial charge in [0, 0.05) is 5.02 Å². The van der Waals surface area contributed by atoms with E-state index in [9.17, 15) is 8.42 Å². The van der Waals surface area contributed by atoms with Gasteiger partial charge in [0.25, 0.3) is 10.0 Å². The molecule has 2 aromatic rings. The zero-order valence-electron chi connectivity index (χ0n) is 11.4. The van der Waals surface area contributed by atoms with Crippen LogP contribution >= 0.6 is 23.2 Å². The van der Waals surface area contributed by atoms with Gasteiger partial charge in [-0.2, -0.15) is 0 Å². The number of rotatable bonds is 3. The van der Waals surface area contributed by atoms with Gasteiger partial charge >= 0.3 is 0 Å². The minimum Gasteiger partial charge on any atom is -0.397 e. The zero-order valence-corrected chi connectivity index (χ0v) is 13.8. The van der Waals surface area contributed by atoms with E-state index in [-0.39, 0.29) is 14.9 Å². The van der Waals surface area contributed by atoms with Crippen LogP contribution in [0.4, 0.5) is 11.4 Å². The summed E-state index contributed by atoms with van der Waals surface area (Å²) >= 11 is 11.8. The first-order valence-electron chi connectivity index (χ1n) is 6.06. The van der Waals surface area contributed by atoms with E-state index in [0.717, 1.165) is 11.1 Å². The first-order valence-corrected chi connectivity index (χ1v) is 8.30. The quantitative estimate of drug-likeness (QED) is 0.826. The fourth-order valence-electron chi connectivity index (χ4n) is 1.84. The summed E-state index contributed by atoms with van der Waals surface area (Å²) in [6, 6.07) is 7.74. The largest absolute Gasteiger partial charge is 0.397 e. The normalized spacial score (nSPS) is 11.4. The highest BCUT2D eigenvalue weighted by Crippen LogP contribution is 2.31. The van der Waals surface area contributed by atoms with Crippen LogP contribution in [-0.2, 0) is 10.0 Å². The summed E-state index contributed by atoms with van der Waals surface area (Å²) < 4.78 is 27.4. The molecule has 0 aliphatic carbocycles. The van der Waals surface area contributed by atoms with E-state index in [2.05, 4.69) is 4.72 Å². The second-order valence-electron chi connectivity index (χ2n) is 4.65. The molecule has 0 heterocycles. The molecule has 112 valence electrons. The maximum atomic E-state index is 12.5. The molecule has 0 fully saturated rings. The second-order valence-corrected chi connectivity index (χ2v) is 7.15. The number of hydrogen-bond donors (Lipinski definition) is 2. The van der Waals surface area contributed by atoms with Crippen molar-refractivity contribution in [2.45, 2.75) is 18.7 Å². The van der Waals surface area contributed by atoms with E-state index in [4.69, 9.17) is 28.9 Å². The molecule has 3 N–H and O–H groups in total. The molecule has 0 unspecified atom stereocenters. The molecule has 0 saturated carbocycles. The van der Waals surface area contributed by atoms with Crippen molar-refractivity contribution in [1.29, 1.82) is 0 Å². The van der Waals surface area contributed by atoms with Crippen molar-refractivity contribution >= 4 is 44.6 Å². The molecule has 4 nitrogen and oxygen atoms in total. The van der Waals surface area contributed by atoms with Crippen molar-refractivity contribution in [3.8, 4) is 0 Å². The van der Waals surface area contributed by atoms with E-state index in [1.165, 1.54) is 18.2 Å². The number of hydrogen-bond acceptors (Lipinski definition) is 3. The minimum absolute atomic E-state index is 0.0861. The Kier molecular flexibility index (Phi) is 4.37. The lowest BCUT2D eigenvalue weighted by molar-refractivity contribution is 0.601. The molecule has 0 aromatic heterocycles. The van der Waals surface area contributed by atoms with Crippen molar-refractivity contribution in [1.82, 2.24) is 0 Å². The third-order valence-corrected chi connectivity index (χ3v) is 5.25. The van der Waals surface area contributed by atoms with E-state index < -0.39 is 10.0 Å². The molecule has 2 aromatic carbocycles. The monoisotopic (exact) mass is 344 g/mol. The summed E-state index contributed by atoms with van der Waals surface area (Å²) in [4.78, 5) is -0.0861. The number of aryl methyl sites for hydroxylation is 1. The fourth-order valence-corrected chi connectivity index (χ4v) is 3.76. The molecular formula is C14H14Cl2N2O2S. The van der Waals surface area contributed by atoms with E-state index in [0.29, 0.717) is 11.4 Å². The average Bonchev–Trinajstić information content (AvgIpc) is 2.42. The van der Waals surface area contributed by atoms with Crippen LogP contribution in [0.5, 0.6) is 0 Å². The Morgan fingerprint density at radius 1 is 1.10 bits per heavy atom. The summed E-state index contributed by atoms with van der Waals surface area (Å²) in [5, 5.41) is 0.379. The summed E-state index contributed by atoms with van der Waals surface area (Å²) in [5.41, 5.74) is 8.25. The molecule has 0 bridgehead atoms. The molecule has 0 spiro atoms. The summed E-state index contributed by atoms with van der Waals surface area (Å²) in [5.74, 6) is 0. The van der Waals surface area contributed by atoms with Crippen molar-refractivity contribution in [2.24, 2.45) is 0 Å². The van der Waals surface area contributed by atoms with Crippen LogP contribution in [0.2, 0.25) is 10.0 Å². The molecule has 0 saturated heterocycles. The first kappa shape index (κ1) is 15.9. The topological polar surface area (TPSA) is 72.2 Å². The predicted molar refractivity (Wildman–Crippen MR) is 87.6 cm³/mol. The van der Waals surface area contributed by atoms with Gasteiger partial charge in [-0.1, -0.05) is 29.3 Å². The van der Waals surface area contributed by atoms with Gasteiger partial charge in [-0.25, -0.2) is 8.42 Å².